The fourth-order valence-corrected chi connectivity index (χ4v) is 3.70. The molecule has 3 nitrogen and oxygen atoms in total. The highest BCUT2D eigenvalue weighted by Crippen LogP contribution is 2.54. The minimum Gasteiger partial charge on any atom is -0.395 e. The average Bonchev–Trinajstić information content (AvgIpc) is 2.85. The summed E-state index contributed by atoms with van der Waals surface area (Å²) < 4.78 is 5.89. The predicted octanol–water partition coefficient (Wildman–Crippen LogP) is 2.08. The van der Waals surface area contributed by atoms with Gasteiger partial charge in [0.2, 0.25) is 0 Å². The van der Waals surface area contributed by atoms with E-state index >= 15 is 0 Å². The normalized spacial score (nSPS) is 32.6. The van der Waals surface area contributed by atoms with Crippen molar-refractivity contribution in [2.75, 3.05) is 13.2 Å². The Hall–Kier alpha value is -0.120. The Labute approximate surface area is 105 Å². The van der Waals surface area contributed by atoms with Gasteiger partial charge in [0, 0.05) is 24.1 Å². The van der Waals surface area contributed by atoms with Gasteiger partial charge in [0.25, 0.3) is 0 Å². The SMILES string of the molecule is CCOC1CC(NC(CC)CO)C12CCCC2. The van der Waals surface area contributed by atoms with E-state index in [9.17, 15) is 5.11 Å². The number of ether oxygens (including phenoxy) is 1. The van der Waals surface area contributed by atoms with Crippen LogP contribution in [0.5, 0.6) is 0 Å². The lowest BCUT2D eigenvalue weighted by Gasteiger charge is -2.55. The Balaban J connectivity index is 1.95. The van der Waals surface area contributed by atoms with Crippen molar-refractivity contribution in [2.45, 2.75) is 70.6 Å². The minimum atomic E-state index is 0.252. The molecule has 0 aromatic carbocycles. The Bertz CT molecular complexity index is 234. The first-order valence-electron chi connectivity index (χ1n) is 7.25. The molecular formula is C14H27NO2. The van der Waals surface area contributed by atoms with Gasteiger partial charge in [-0.2, -0.15) is 0 Å². The fourth-order valence-electron chi connectivity index (χ4n) is 3.70. The van der Waals surface area contributed by atoms with E-state index in [2.05, 4.69) is 19.2 Å². The number of hydrogen-bond acceptors (Lipinski definition) is 3. The lowest BCUT2D eigenvalue weighted by atomic mass is 9.60. The molecule has 1 spiro atoms. The maximum Gasteiger partial charge on any atom is 0.0661 e. The number of nitrogens with one attached hydrogen (secondary N) is 1. The first-order valence-corrected chi connectivity index (χ1v) is 7.25. The van der Waals surface area contributed by atoms with Crippen LogP contribution in [0.4, 0.5) is 0 Å². The second kappa shape index (κ2) is 5.68. The van der Waals surface area contributed by atoms with E-state index < -0.39 is 0 Å². The monoisotopic (exact) mass is 241 g/mol. The van der Waals surface area contributed by atoms with E-state index in [-0.39, 0.29) is 12.6 Å². The lowest BCUT2D eigenvalue weighted by Crippen LogP contribution is -2.64. The molecule has 3 atom stereocenters. The molecular weight excluding hydrogens is 214 g/mol. The van der Waals surface area contributed by atoms with Crippen LogP contribution in [-0.4, -0.2) is 36.5 Å². The fraction of sp³-hybridized carbons (Fsp3) is 1.00. The van der Waals surface area contributed by atoms with Gasteiger partial charge in [0.15, 0.2) is 0 Å². The third-order valence-corrected chi connectivity index (χ3v) is 4.84. The zero-order valence-electron chi connectivity index (χ0n) is 11.2. The predicted molar refractivity (Wildman–Crippen MR) is 69.0 cm³/mol. The van der Waals surface area contributed by atoms with E-state index in [1.54, 1.807) is 0 Å². The van der Waals surface area contributed by atoms with E-state index in [0.29, 0.717) is 17.6 Å². The van der Waals surface area contributed by atoms with Crippen LogP contribution in [0.3, 0.4) is 0 Å². The highest BCUT2D eigenvalue weighted by atomic mass is 16.5. The molecule has 2 N–H and O–H groups in total. The van der Waals surface area contributed by atoms with Crippen molar-refractivity contribution in [1.82, 2.24) is 5.32 Å². The van der Waals surface area contributed by atoms with Crippen molar-refractivity contribution < 1.29 is 9.84 Å². The van der Waals surface area contributed by atoms with Gasteiger partial charge >= 0.3 is 0 Å². The summed E-state index contributed by atoms with van der Waals surface area (Å²) in [5.41, 5.74) is 0.387. The zero-order valence-corrected chi connectivity index (χ0v) is 11.2. The maximum atomic E-state index is 9.30. The standard InChI is InChI=1S/C14H27NO2/c1-3-11(10-16)15-12-9-13(17-4-2)14(12)7-5-6-8-14/h11-13,15-16H,3-10H2,1-2H3. The van der Waals surface area contributed by atoms with Crippen LogP contribution in [-0.2, 0) is 4.74 Å². The van der Waals surface area contributed by atoms with Crippen molar-refractivity contribution in [3.8, 4) is 0 Å². The molecule has 0 amide bonds. The van der Waals surface area contributed by atoms with Gasteiger partial charge in [0.1, 0.15) is 0 Å². The molecule has 2 aliphatic carbocycles. The van der Waals surface area contributed by atoms with Crippen molar-refractivity contribution >= 4 is 0 Å². The van der Waals surface area contributed by atoms with Crippen molar-refractivity contribution in [2.24, 2.45) is 5.41 Å². The first-order chi connectivity index (χ1) is 8.26. The van der Waals surface area contributed by atoms with Gasteiger partial charge < -0.3 is 15.2 Å². The molecule has 17 heavy (non-hydrogen) atoms. The molecule has 2 fully saturated rings. The summed E-state index contributed by atoms with van der Waals surface area (Å²) in [7, 11) is 0. The maximum absolute atomic E-state index is 9.30. The molecule has 0 saturated heterocycles. The van der Waals surface area contributed by atoms with Gasteiger partial charge in [-0.25, -0.2) is 0 Å². The van der Waals surface area contributed by atoms with E-state index in [1.165, 1.54) is 25.7 Å². The Morgan fingerprint density at radius 1 is 1.35 bits per heavy atom. The molecule has 100 valence electrons. The summed E-state index contributed by atoms with van der Waals surface area (Å²) in [6.07, 6.45) is 7.89. The van der Waals surface area contributed by atoms with Gasteiger partial charge in [0.05, 0.1) is 12.7 Å². The molecule has 0 bridgehead atoms. The van der Waals surface area contributed by atoms with Crippen LogP contribution >= 0.6 is 0 Å². The molecule has 0 radical (unpaired) electrons. The second-order valence-electron chi connectivity index (χ2n) is 5.63. The molecule has 2 saturated carbocycles. The molecule has 3 unspecified atom stereocenters. The molecule has 0 aliphatic heterocycles. The van der Waals surface area contributed by atoms with Gasteiger partial charge in [-0.1, -0.05) is 19.8 Å². The molecule has 2 aliphatic rings. The molecule has 0 heterocycles. The topological polar surface area (TPSA) is 41.5 Å². The van der Waals surface area contributed by atoms with Crippen molar-refractivity contribution in [3.05, 3.63) is 0 Å². The first kappa shape index (κ1) is 13.3. The van der Waals surface area contributed by atoms with Gasteiger partial charge in [-0.3, -0.25) is 0 Å². The highest BCUT2D eigenvalue weighted by Gasteiger charge is 2.56. The smallest absolute Gasteiger partial charge is 0.0661 e. The van der Waals surface area contributed by atoms with E-state index in [1.807, 2.05) is 0 Å². The minimum absolute atomic E-state index is 0.252. The quantitative estimate of drug-likeness (QED) is 0.748. The Kier molecular flexibility index (Phi) is 4.45. The van der Waals surface area contributed by atoms with Crippen molar-refractivity contribution in [1.29, 1.82) is 0 Å². The largest absolute Gasteiger partial charge is 0.395 e. The van der Waals surface area contributed by atoms with E-state index in [4.69, 9.17) is 4.74 Å². The second-order valence-corrected chi connectivity index (χ2v) is 5.63. The summed E-state index contributed by atoms with van der Waals surface area (Å²) in [5.74, 6) is 0. The van der Waals surface area contributed by atoms with Crippen LogP contribution in [0.15, 0.2) is 0 Å². The number of aliphatic hydroxyl groups is 1. The van der Waals surface area contributed by atoms with Crippen LogP contribution in [0.2, 0.25) is 0 Å². The number of rotatable bonds is 6. The number of hydrogen-bond donors (Lipinski definition) is 2. The van der Waals surface area contributed by atoms with E-state index in [0.717, 1.165) is 19.4 Å². The molecule has 3 heteroatoms. The summed E-state index contributed by atoms with van der Waals surface area (Å²) in [6.45, 7) is 5.30. The van der Waals surface area contributed by atoms with Gasteiger partial charge in [-0.15, -0.1) is 0 Å². The van der Waals surface area contributed by atoms with Crippen LogP contribution in [0.1, 0.15) is 52.4 Å². The summed E-state index contributed by atoms with van der Waals surface area (Å²) in [5, 5.41) is 12.9. The average molecular weight is 241 g/mol. The third kappa shape index (κ3) is 2.38. The number of aliphatic hydroxyl groups excluding tert-OH is 1. The third-order valence-electron chi connectivity index (χ3n) is 4.84. The summed E-state index contributed by atoms with van der Waals surface area (Å²) in [4.78, 5) is 0. The molecule has 0 aromatic heterocycles. The zero-order chi connectivity index (χ0) is 12.3. The van der Waals surface area contributed by atoms with Crippen LogP contribution < -0.4 is 5.32 Å². The Morgan fingerprint density at radius 2 is 2.06 bits per heavy atom. The highest BCUT2D eigenvalue weighted by molar-refractivity contribution is 5.10. The molecule has 2 rings (SSSR count). The van der Waals surface area contributed by atoms with Crippen molar-refractivity contribution in [3.63, 3.8) is 0 Å². The van der Waals surface area contributed by atoms with Crippen LogP contribution in [0.25, 0.3) is 0 Å². The molecule has 0 aromatic rings. The Morgan fingerprint density at radius 3 is 2.59 bits per heavy atom. The lowest BCUT2D eigenvalue weighted by molar-refractivity contribution is -0.133. The summed E-state index contributed by atoms with van der Waals surface area (Å²) >= 11 is 0. The van der Waals surface area contributed by atoms with Crippen LogP contribution in [0, 0.1) is 5.41 Å². The van der Waals surface area contributed by atoms with Gasteiger partial charge in [-0.05, 0) is 32.6 Å². The summed E-state index contributed by atoms with van der Waals surface area (Å²) in [6, 6.07) is 0.832.